The van der Waals surface area contributed by atoms with Gasteiger partial charge in [-0.05, 0) is 61.8 Å². The second kappa shape index (κ2) is 3.72. The van der Waals surface area contributed by atoms with Crippen LogP contribution in [0.5, 0.6) is 0 Å². The lowest BCUT2D eigenvalue weighted by Crippen LogP contribution is -2.21. The molecule has 0 nitrogen and oxygen atoms in total. The summed E-state index contributed by atoms with van der Waals surface area (Å²) >= 11 is 0. The highest BCUT2D eigenvalue weighted by molar-refractivity contribution is 5.55. The second-order valence-corrected chi connectivity index (χ2v) is 6.40. The topological polar surface area (TPSA) is 0 Å². The first kappa shape index (κ1) is 11.3. The Morgan fingerprint density at radius 1 is 0.737 bits per heavy atom. The third-order valence-corrected chi connectivity index (χ3v) is 5.20. The fraction of sp³-hybridized carbons (Fsp3) is 0.368. The molecule has 0 heterocycles. The highest BCUT2D eigenvalue weighted by atomic mass is 14.5. The maximum absolute atomic E-state index is 2.44. The molecule has 0 aliphatic heterocycles. The zero-order chi connectivity index (χ0) is 13.0. The van der Waals surface area contributed by atoms with Crippen LogP contribution in [0.15, 0.2) is 36.4 Å². The number of benzene rings is 2. The standard InChI is InChI=1S/C19H20/c1-13-3-5-15-7-9-19(17(15)11-13)10-8-16-6-4-14(2)12-18(16)19/h3-6,11-12H,7-10H2,1-2H3. The van der Waals surface area contributed by atoms with Crippen LogP contribution in [0.4, 0.5) is 0 Å². The van der Waals surface area contributed by atoms with Crippen LogP contribution < -0.4 is 0 Å². The molecule has 0 unspecified atom stereocenters. The van der Waals surface area contributed by atoms with Crippen molar-refractivity contribution in [3.63, 3.8) is 0 Å². The normalized spacial score (nSPS) is 18.6. The minimum Gasteiger partial charge on any atom is -0.0590 e. The van der Waals surface area contributed by atoms with E-state index in [9.17, 15) is 0 Å². The van der Waals surface area contributed by atoms with Gasteiger partial charge in [0.15, 0.2) is 0 Å². The van der Waals surface area contributed by atoms with E-state index in [-0.39, 0.29) is 0 Å². The van der Waals surface area contributed by atoms with Crippen LogP contribution in [0.1, 0.15) is 46.2 Å². The summed E-state index contributed by atoms with van der Waals surface area (Å²) in [5, 5.41) is 0. The van der Waals surface area contributed by atoms with Gasteiger partial charge in [-0.2, -0.15) is 0 Å². The molecule has 0 bridgehead atoms. The van der Waals surface area contributed by atoms with Crippen molar-refractivity contribution in [3.8, 4) is 0 Å². The number of aryl methyl sites for hydroxylation is 4. The van der Waals surface area contributed by atoms with Gasteiger partial charge in [-0.3, -0.25) is 0 Å². The molecule has 2 aromatic rings. The molecule has 0 atom stereocenters. The number of hydrogen-bond acceptors (Lipinski definition) is 0. The monoisotopic (exact) mass is 248 g/mol. The van der Waals surface area contributed by atoms with E-state index in [2.05, 4.69) is 50.2 Å². The molecule has 0 fully saturated rings. The minimum atomic E-state index is 0.336. The van der Waals surface area contributed by atoms with E-state index >= 15 is 0 Å². The van der Waals surface area contributed by atoms with E-state index in [0.29, 0.717) is 5.41 Å². The summed E-state index contributed by atoms with van der Waals surface area (Å²) in [7, 11) is 0. The van der Waals surface area contributed by atoms with Gasteiger partial charge in [0.1, 0.15) is 0 Å². The molecular weight excluding hydrogens is 228 g/mol. The Kier molecular flexibility index (Phi) is 2.21. The third-order valence-electron chi connectivity index (χ3n) is 5.20. The Bertz CT molecular complexity index is 604. The van der Waals surface area contributed by atoms with Crippen molar-refractivity contribution in [2.75, 3.05) is 0 Å². The average molecular weight is 248 g/mol. The van der Waals surface area contributed by atoms with Gasteiger partial charge in [0.2, 0.25) is 0 Å². The Balaban J connectivity index is 1.97. The quantitative estimate of drug-likeness (QED) is 0.644. The second-order valence-electron chi connectivity index (χ2n) is 6.40. The van der Waals surface area contributed by atoms with Gasteiger partial charge in [0, 0.05) is 5.41 Å². The van der Waals surface area contributed by atoms with Crippen molar-refractivity contribution in [1.82, 2.24) is 0 Å². The number of fused-ring (bicyclic) bond motifs is 4. The third kappa shape index (κ3) is 1.46. The molecule has 2 aromatic carbocycles. The van der Waals surface area contributed by atoms with E-state index in [1.54, 1.807) is 22.3 Å². The predicted molar refractivity (Wildman–Crippen MR) is 79.8 cm³/mol. The molecule has 2 aliphatic rings. The predicted octanol–water partition coefficient (Wildman–Crippen LogP) is 4.48. The van der Waals surface area contributed by atoms with Crippen LogP contribution in [-0.4, -0.2) is 0 Å². The summed E-state index contributed by atoms with van der Waals surface area (Å²) in [5.41, 5.74) is 9.55. The first-order valence-corrected chi connectivity index (χ1v) is 7.39. The summed E-state index contributed by atoms with van der Waals surface area (Å²) in [6.07, 6.45) is 5.12. The SMILES string of the molecule is Cc1ccc2c(c1)C1(CC2)CCc2ccc(C)cc21. The maximum Gasteiger partial charge on any atom is 0.0214 e. The lowest BCUT2D eigenvalue weighted by molar-refractivity contribution is 0.507. The highest BCUT2D eigenvalue weighted by Crippen LogP contribution is 2.52. The molecule has 0 N–H and O–H groups in total. The number of rotatable bonds is 0. The van der Waals surface area contributed by atoms with E-state index in [4.69, 9.17) is 0 Å². The van der Waals surface area contributed by atoms with Crippen molar-refractivity contribution >= 4 is 0 Å². The van der Waals surface area contributed by atoms with Crippen LogP contribution in [0.2, 0.25) is 0 Å². The Labute approximate surface area is 115 Å². The fourth-order valence-corrected chi connectivity index (χ4v) is 4.21. The van der Waals surface area contributed by atoms with Crippen molar-refractivity contribution in [2.45, 2.75) is 44.9 Å². The number of hydrogen-bond donors (Lipinski definition) is 0. The lowest BCUT2D eigenvalue weighted by Gasteiger charge is -2.27. The smallest absolute Gasteiger partial charge is 0.0214 e. The van der Waals surface area contributed by atoms with Crippen molar-refractivity contribution < 1.29 is 0 Å². The van der Waals surface area contributed by atoms with Gasteiger partial charge in [-0.15, -0.1) is 0 Å². The zero-order valence-corrected chi connectivity index (χ0v) is 11.8. The first-order valence-electron chi connectivity index (χ1n) is 7.39. The van der Waals surface area contributed by atoms with Crippen LogP contribution in [0.25, 0.3) is 0 Å². The zero-order valence-electron chi connectivity index (χ0n) is 11.8. The molecular formula is C19H20. The van der Waals surface area contributed by atoms with Crippen molar-refractivity contribution in [2.24, 2.45) is 0 Å². The van der Waals surface area contributed by atoms with E-state index in [1.165, 1.54) is 36.8 Å². The average Bonchev–Trinajstić information content (AvgIpc) is 2.94. The molecule has 19 heavy (non-hydrogen) atoms. The molecule has 0 aromatic heterocycles. The van der Waals surface area contributed by atoms with Crippen LogP contribution >= 0.6 is 0 Å². The van der Waals surface area contributed by atoms with Gasteiger partial charge >= 0.3 is 0 Å². The Morgan fingerprint density at radius 3 is 1.68 bits per heavy atom. The largest absolute Gasteiger partial charge is 0.0590 e. The molecule has 0 saturated carbocycles. The lowest BCUT2D eigenvalue weighted by atomic mass is 9.76. The highest BCUT2D eigenvalue weighted by Gasteiger charge is 2.44. The van der Waals surface area contributed by atoms with Gasteiger partial charge in [0.25, 0.3) is 0 Å². The molecule has 1 spiro atoms. The molecule has 0 saturated heterocycles. The van der Waals surface area contributed by atoms with Gasteiger partial charge < -0.3 is 0 Å². The molecule has 96 valence electrons. The molecule has 0 heteroatoms. The van der Waals surface area contributed by atoms with Gasteiger partial charge in [-0.1, -0.05) is 47.5 Å². The van der Waals surface area contributed by atoms with E-state index < -0.39 is 0 Å². The Hall–Kier alpha value is -1.56. The summed E-state index contributed by atoms with van der Waals surface area (Å²) in [4.78, 5) is 0. The molecule has 4 rings (SSSR count). The van der Waals surface area contributed by atoms with Crippen LogP contribution in [0, 0.1) is 13.8 Å². The van der Waals surface area contributed by atoms with Crippen molar-refractivity contribution in [1.29, 1.82) is 0 Å². The molecule has 0 amide bonds. The van der Waals surface area contributed by atoms with E-state index in [0.717, 1.165) is 0 Å². The molecule has 2 aliphatic carbocycles. The summed E-state index contributed by atoms with van der Waals surface area (Å²) in [5.74, 6) is 0. The fourth-order valence-electron chi connectivity index (χ4n) is 4.21. The summed E-state index contributed by atoms with van der Waals surface area (Å²) in [6.45, 7) is 4.44. The first-order chi connectivity index (χ1) is 9.19. The van der Waals surface area contributed by atoms with Gasteiger partial charge in [-0.25, -0.2) is 0 Å². The summed E-state index contributed by atoms with van der Waals surface area (Å²) in [6, 6.07) is 14.1. The maximum atomic E-state index is 2.44. The van der Waals surface area contributed by atoms with Crippen LogP contribution in [0.3, 0.4) is 0 Å². The van der Waals surface area contributed by atoms with Gasteiger partial charge in [0.05, 0.1) is 0 Å². The van der Waals surface area contributed by atoms with Crippen LogP contribution in [-0.2, 0) is 18.3 Å². The minimum absolute atomic E-state index is 0.336. The van der Waals surface area contributed by atoms with E-state index in [1.807, 2.05) is 0 Å². The molecule has 0 radical (unpaired) electrons. The van der Waals surface area contributed by atoms with Crippen molar-refractivity contribution in [3.05, 3.63) is 69.8 Å². The Morgan fingerprint density at radius 2 is 1.21 bits per heavy atom. The summed E-state index contributed by atoms with van der Waals surface area (Å²) < 4.78 is 0.